The Kier molecular flexibility index (Phi) is 3.16. The number of hydrogen-bond acceptors (Lipinski definition) is 5. The maximum atomic E-state index is 5.59. The van der Waals surface area contributed by atoms with Crippen molar-refractivity contribution in [3.63, 3.8) is 0 Å². The van der Waals surface area contributed by atoms with Gasteiger partial charge in [0.2, 0.25) is 0 Å². The van der Waals surface area contributed by atoms with Crippen molar-refractivity contribution in [3.05, 3.63) is 41.5 Å². The summed E-state index contributed by atoms with van der Waals surface area (Å²) < 4.78 is 10.5. The minimum absolute atomic E-state index is 0.331. The average molecular weight is 219 g/mol. The maximum absolute atomic E-state index is 5.59. The fraction of sp³-hybridized carbons (Fsp3) is 0.273. The molecule has 0 unspecified atom stereocenters. The van der Waals surface area contributed by atoms with Gasteiger partial charge in [0.15, 0.2) is 5.76 Å². The largest absolute Gasteiger partial charge is 0.484 e. The van der Waals surface area contributed by atoms with Crippen LogP contribution in [-0.2, 0) is 13.2 Å². The zero-order chi connectivity index (χ0) is 11.4. The summed E-state index contributed by atoms with van der Waals surface area (Å²) in [6.07, 6.45) is 1.58. The van der Waals surface area contributed by atoms with Gasteiger partial charge in [0.05, 0.1) is 11.9 Å². The van der Waals surface area contributed by atoms with Crippen LogP contribution < -0.4 is 10.5 Å². The molecule has 2 aromatic heterocycles. The third kappa shape index (κ3) is 2.38. The van der Waals surface area contributed by atoms with Crippen molar-refractivity contribution in [1.82, 2.24) is 10.1 Å². The minimum Gasteiger partial charge on any atom is -0.484 e. The lowest BCUT2D eigenvalue weighted by Crippen LogP contribution is -2.05. The van der Waals surface area contributed by atoms with Gasteiger partial charge in [0, 0.05) is 18.3 Å². The summed E-state index contributed by atoms with van der Waals surface area (Å²) in [6.45, 7) is 2.60. The molecular formula is C11H13N3O2. The summed E-state index contributed by atoms with van der Waals surface area (Å²) in [5, 5.41) is 3.60. The lowest BCUT2D eigenvalue weighted by molar-refractivity contribution is 0.246. The molecule has 0 amide bonds. The van der Waals surface area contributed by atoms with Gasteiger partial charge in [-0.25, -0.2) is 0 Å². The Morgan fingerprint density at radius 2 is 2.25 bits per heavy atom. The second-order valence-corrected chi connectivity index (χ2v) is 3.37. The number of pyridine rings is 1. The van der Waals surface area contributed by atoms with Gasteiger partial charge < -0.3 is 15.0 Å². The molecule has 0 aliphatic carbocycles. The van der Waals surface area contributed by atoms with Crippen LogP contribution in [-0.4, -0.2) is 10.1 Å². The van der Waals surface area contributed by atoms with E-state index in [0.29, 0.717) is 24.7 Å². The van der Waals surface area contributed by atoms with Gasteiger partial charge in [0.25, 0.3) is 0 Å². The fourth-order valence-corrected chi connectivity index (χ4v) is 1.34. The molecule has 0 bridgehead atoms. The maximum Gasteiger partial charge on any atom is 0.174 e. The van der Waals surface area contributed by atoms with Crippen molar-refractivity contribution < 1.29 is 9.26 Å². The molecule has 16 heavy (non-hydrogen) atoms. The summed E-state index contributed by atoms with van der Waals surface area (Å²) in [5.41, 5.74) is 7.26. The highest BCUT2D eigenvalue weighted by molar-refractivity contribution is 5.29. The van der Waals surface area contributed by atoms with Crippen LogP contribution in [0.2, 0.25) is 0 Å². The van der Waals surface area contributed by atoms with E-state index < -0.39 is 0 Å². The standard InChI is InChI=1S/C11H13N3O2/c1-8-2-3-11(10(6-12)14-8)15-7-9-4-5-13-16-9/h2-5H,6-7,12H2,1H3. The Balaban J connectivity index is 2.09. The van der Waals surface area contributed by atoms with Crippen LogP contribution in [0.4, 0.5) is 0 Å². The molecule has 2 heterocycles. The smallest absolute Gasteiger partial charge is 0.174 e. The molecule has 0 fully saturated rings. The first-order valence-electron chi connectivity index (χ1n) is 4.98. The number of ether oxygens (including phenoxy) is 1. The second-order valence-electron chi connectivity index (χ2n) is 3.37. The Morgan fingerprint density at radius 1 is 1.38 bits per heavy atom. The third-order valence-electron chi connectivity index (χ3n) is 2.13. The summed E-state index contributed by atoms with van der Waals surface area (Å²) in [6, 6.07) is 5.50. The third-order valence-corrected chi connectivity index (χ3v) is 2.13. The van der Waals surface area contributed by atoms with Crippen LogP contribution in [0.3, 0.4) is 0 Å². The van der Waals surface area contributed by atoms with Crippen LogP contribution in [0.15, 0.2) is 28.9 Å². The SMILES string of the molecule is Cc1ccc(OCc2ccno2)c(CN)n1. The topological polar surface area (TPSA) is 74.2 Å². The number of nitrogens with zero attached hydrogens (tertiary/aromatic N) is 2. The minimum atomic E-state index is 0.331. The molecule has 0 atom stereocenters. The molecule has 2 aromatic rings. The van der Waals surface area contributed by atoms with Gasteiger partial charge in [-0.1, -0.05) is 5.16 Å². The summed E-state index contributed by atoms with van der Waals surface area (Å²) in [7, 11) is 0. The quantitative estimate of drug-likeness (QED) is 0.841. The van der Waals surface area contributed by atoms with Gasteiger partial charge in [-0.05, 0) is 19.1 Å². The van der Waals surface area contributed by atoms with E-state index in [1.807, 2.05) is 19.1 Å². The van der Waals surface area contributed by atoms with Gasteiger partial charge in [0.1, 0.15) is 12.4 Å². The first-order valence-corrected chi connectivity index (χ1v) is 4.98. The predicted octanol–water partition coefficient (Wildman–Crippen LogP) is 1.42. The van der Waals surface area contributed by atoms with Crippen molar-refractivity contribution in [3.8, 4) is 5.75 Å². The van der Waals surface area contributed by atoms with Crippen LogP contribution in [0, 0.1) is 6.92 Å². The predicted molar refractivity (Wildman–Crippen MR) is 57.7 cm³/mol. The summed E-state index contributed by atoms with van der Waals surface area (Å²) in [4.78, 5) is 4.30. The Labute approximate surface area is 93.2 Å². The number of aromatic nitrogens is 2. The van der Waals surface area contributed by atoms with E-state index >= 15 is 0 Å². The zero-order valence-corrected chi connectivity index (χ0v) is 9.01. The van der Waals surface area contributed by atoms with Crippen LogP contribution >= 0.6 is 0 Å². The second kappa shape index (κ2) is 4.76. The van der Waals surface area contributed by atoms with Crippen molar-refractivity contribution in [2.45, 2.75) is 20.1 Å². The van der Waals surface area contributed by atoms with E-state index in [-0.39, 0.29) is 0 Å². The fourth-order valence-electron chi connectivity index (χ4n) is 1.34. The van der Waals surface area contributed by atoms with E-state index in [4.69, 9.17) is 15.0 Å². The van der Waals surface area contributed by atoms with Crippen molar-refractivity contribution in [2.75, 3.05) is 0 Å². The molecule has 0 spiro atoms. The van der Waals surface area contributed by atoms with Gasteiger partial charge >= 0.3 is 0 Å². The molecule has 0 aliphatic heterocycles. The van der Waals surface area contributed by atoms with Gasteiger partial charge in [-0.3, -0.25) is 4.98 Å². The Bertz CT molecular complexity index is 454. The first kappa shape index (κ1) is 10.6. The highest BCUT2D eigenvalue weighted by Crippen LogP contribution is 2.17. The number of hydrogen-bond donors (Lipinski definition) is 1. The molecule has 5 heteroatoms. The Hall–Kier alpha value is -1.88. The molecule has 0 saturated carbocycles. The monoisotopic (exact) mass is 219 g/mol. The normalized spacial score (nSPS) is 10.4. The van der Waals surface area contributed by atoms with E-state index in [1.165, 1.54) is 0 Å². The molecule has 84 valence electrons. The molecule has 0 radical (unpaired) electrons. The molecule has 5 nitrogen and oxygen atoms in total. The first-order chi connectivity index (χ1) is 7.79. The number of aryl methyl sites for hydroxylation is 1. The lowest BCUT2D eigenvalue weighted by Gasteiger charge is -2.08. The van der Waals surface area contributed by atoms with E-state index in [9.17, 15) is 0 Å². The van der Waals surface area contributed by atoms with Crippen LogP contribution in [0.1, 0.15) is 17.1 Å². The molecule has 0 aromatic carbocycles. The lowest BCUT2D eigenvalue weighted by atomic mass is 10.3. The van der Waals surface area contributed by atoms with Gasteiger partial charge in [-0.2, -0.15) is 0 Å². The molecule has 2 N–H and O–H groups in total. The Morgan fingerprint density at radius 3 is 2.94 bits per heavy atom. The zero-order valence-electron chi connectivity index (χ0n) is 9.01. The summed E-state index contributed by atoms with van der Waals surface area (Å²) >= 11 is 0. The average Bonchev–Trinajstić information content (AvgIpc) is 2.80. The number of nitrogens with two attached hydrogens (primary N) is 1. The van der Waals surface area contributed by atoms with Crippen LogP contribution in [0.25, 0.3) is 0 Å². The molecule has 2 rings (SSSR count). The highest BCUT2D eigenvalue weighted by Gasteiger charge is 2.05. The molecule has 0 saturated heterocycles. The van der Waals surface area contributed by atoms with E-state index in [1.54, 1.807) is 12.3 Å². The number of rotatable bonds is 4. The van der Waals surface area contributed by atoms with E-state index in [0.717, 1.165) is 11.4 Å². The van der Waals surface area contributed by atoms with Crippen LogP contribution in [0.5, 0.6) is 5.75 Å². The van der Waals surface area contributed by atoms with E-state index in [2.05, 4.69) is 10.1 Å². The van der Waals surface area contributed by atoms with Crippen molar-refractivity contribution in [1.29, 1.82) is 0 Å². The highest BCUT2D eigenvalue weighted by atomic mass is 16.5. The van der Waals surface area contributed by atoms with Crippen molar-refractivity contribution >= 4 is 0 Å². The van der Waals surface area contributed by atoms with Crippen molar-refractivity contribution in [2.24, 2.45) is 5.73 Å². The molecular weight excluding hydrogens is 206 g/mol. The summed E-state index contributed by atoms with van der Waals surface area (Å²) in [5.74, 6) is 1.35. The molecule has 0 aliphatic rings. The van der Waals surface area contributed by atoms with Gasteiger partial charge in [-0.15, -0.1) is 0 Å².